The molecule has 0 saturated carbocycles. The van der Waals surface area contributed by atoms with Gasteiger partial charge >= 0.3 is 0 Å². The molecule has 0 bridgehead atoms. The fourth-order valence-corrected chi connectivity index (χ4v) is 2.68. The van der Waals surface area contributed by atoms with Crippen molar-refractivity contribution in [2.75, 3.05) is 0 Å². The lowest BCUT2D eigenvalue weighted by Crippen LogP contribution is -1.97. The molecule has 1 aliphatic rings. The van der Waals surface area contributed by atoms with Crippen molar-refractivity contribution in [3.63, 3.8) is 0 Å². The number of ketones is 1. The van der Waals surface area contributed by atoms with Gasteiger partial charge in [0.15, 0.2) is 5.76 Å². The van der Waals surface area contributed by atoms with E-state index in [1.54, 1.807) is 48.7 Å². The molecule has 4 rings (SSSR count). The van der Waals surface area contributed by atoms with Gasteiger partial charge in [-0.1, -0.05) is 36.9 Å². The third-order valence-electron chi connectivity index (χ3n) is 4.08. The molecular weight excluding hydrogens is 328 g/mol. The van der Waals surface area contributed by atoms with Gasteiger partial charge in [-0.25, -0.2) is 0 Å². The lowest BCUT2D eigenvalue weighted by molar-refractivity contribution is 0.101. The average molecular weight is 344 g/mol. The third kappa shape index (κ3) is 3.17. The molecule has 0 radical (unpaired) electrons. The van der Waals surface area contributed by atoms with Crippen molar-refractivity contribution >= 4 is 17.9 Å². The number of hydrogen-bond donors (Lipinski definition) is 0. The number of ether oxygens (including phenoxy) is 2. The van der Waals surface area contributed by atoms with E-state index in [4.69, 9.17) is 13.9 Å². The first-order chi connectivity index (χ1) is 12.7. The molecule has 128 valence electrons. The van der Waals surface area contributed by atoms with Gasteiger partial charge in [0.25, 0.3) is 0 Å². The molecule has 0 saturated heterocycles. The molecule has 2 heterocycles. The second-order valence-electron chi connectivity index (χ2n) is 5.85. The molecule has 0 amide bonds. The maximum Gasteiger partial charge on any atom is 0.232 e. The number of fused-ring (bicyclic) bond motifs is 1. The largest absolute Gasteiger partial charge is 0.489 e. The quantitative estimate of drug-likeness (QED) is 0.603. The molecule has 0 fully saturated rings. The smallest absolute Gasteiger partial charge is 0.232 e. The maximum absolute atomic E-state index is 12.4. The Balaban J connectivity index is 1.48. The summed E-state index contributed by atoms with van der Waals surface area (Å²) in [4.78, 5) is 12.4. The van der Waals surface area contributed by atoms with Crippen LogP contribution in [0.5, 0.6) is 11.5 Å². The van der Waals surface area contributed by atoms with Gasteiger partial charge in [0.1, 0.15) is 23.9 Å². The monoisotopic (exact) mass is 344 g/mol. The van der Waals surface area contributed by atoms with Gasteiger partial charge in [-0.3, -0.25) is 4.79 Å². The van der Waals surface area contributed by atoms with Gasteiger partial charge in [0.05, 0.1) is 11.8 Å². The number of allylic oxidation sites excluding steroid dienone is 1. The summed E-state index contributed by atoms with van der Waals surface area (Å²) in [6.45, 7) is 4.17. The summed E-state index contributed by atoms with van der Waals surface area (Å²) < 4.78 is 16.7. The molecule has 3 aromatic rings. The van der Waals surface area contributed by atoms with E-state index < -0.39 is 0 Å². The molecular formula is C22H16O4. The van der Waals surface area contributed by atoms with Gasteiger partial charge in [0.2, 0.25) is 5.78 Å². The molecule has 1 aliphatic heterocycles. The first kappa shape index (κ1) is 16.0. The van der Waals surface area contributed by atoms with Crippen molar-refractivity contribution in [1.82, 2.24) is 0 Å². The van der Waals surface area contributed by atoms with E-state index in [0.29, 0.717) is 29.4 Å². The molecule has 0 unspecified atom stereocenters. The van der Waals surface area contributed by atoms with Crippen molar-refractivity contribution in [2.24, 2.45) is 0 Å². The van der Waals surface area contributed by atoms with Crippen LogP contribution in [0.3, 0.4) is 0 Å². The summed E-state index contributed by atoms with van der Waals surface area (Å²) in [6, 6.07) is 16.7. The van der Waals surface area contributed by atoms with Crippen LogP contribution < -0.4 is 9.47 Å². The summed E-state index contributed by atoms with van der Waals surface area (Å²) in [5, 5.41) is 0. The Morgan fingerprint density at radius 3 is 2.65 bits per heavy atom. The topological polar surface area (TPSA) is 48.7 Å². The minimum atomic E-state index is -0.164. The van der Waals surface area contributed by atoms with Crippen LogP contribution in [0.25, 0.3) is 12.2 Å². The minimum Gasteiger partial charge on any atom is -0.489 e. The molecule has 0 N–H and O–H groups in total. The first-order valence-electron chi connectivity index (χ1n) is 8.19. The molecule has 0 spiro atoms. The number of benzene rings is 2. The van der Waals surface area contributed by atoms with Crippen molar-refractivity contribution in [3.05, 3.63) is 95.6 Å². The summed E-state index contributed by atoms with van der Waals surface area (Å²) in [6.07, 6.45) is 4.93. The fraction of sp³-hybridized carbons (Fsp3) is 0.0455. The van der Waals surface area contributed by atoms with Gasteiger partial charge in [-0.05, 0) is 35.4 Å². The van der Waals surface area contributed by atoms with Crippen LogP contribution in [0.2, 0.25) is 0 Å². The summed E-state index contributed by atoms with van der Waals surface area (Å²) >= 11 is 0. The average Bonchev–Trinajstić information content (AvgIpc) is 3.29. The van der Waals surface area contributed by atoms with Crippen molar-refractivity contribution in [1.29, 1.82) is 0 Å². The number of carbonyl (C=O) groups is 1. The highest BCUT2D eigenvalue weighted by Gasteiger charge is 2.28. The molecule has 1 aromatic heterocycles. The zero-order chi connectivity index (χ0) is 17.9. The molecule has 4 nitrogen and oxygen atoms in total. The minimum absolute atomic E-state index is 0.164. The predicted octanol–water partition coefficient (Wildman–Crippen LogP) is 5.12. The van der Waals surface area contributed by atoms with E-state index >= 15 is 0 Å². The third-order valence-corrected chi connectivity index (χ3v) is 4.08. The van der Waals surface area contributed by atoms with Crippen LogP contribution in [0, 0.1) is 0 Å². The van der Waals surface area contributed by atoms with Crippen LogP contribution >= 0.6 is 0 Å². The van der Waals surface area contributed by atoms with Crippen molar-refractivity contribution < 1.29 is 18.7 Å². The molecule has 26 heavy (non-hydrogen) atoms. The number of furan rings is 1. The van der Waals surface area contributed by atoms with Crippen LogP contribution in [0.1, 0.15) is 27.2 Å². The fourth-order valence-electron chi connectivity index (χ4n) is 2.68. The highest BCUT2D eigenvalue weighted by molar-refractivity contribution is 6.14. The van der Waals surface area contributed by atoms with Gasteiger partial charge in [-0.2, -0.15) is 0 Å². The normalized spacial score (nSPS) is 14.2. The number of rotatable bonds is 5. The molecule has 2 aromatic carbocycles. The Hall–Kier alpha value is -3.53. The van der Waals surface area contributed by atoms with Crippen LogP contribution in [-0.2, 0) is 6.61 Å². The maximum atomic E-state index is 12.4. The van der Waals surface area contributed by atoms with Crippen LogP contribution in [0.4, 0.5) is 0 Å². The summed E-state index contributed by atoms with van der Waals surface area (Å²) in [5.41, 5.74) is 2.63. The van der Waals surface area contributed by atoms with Crippen molar-refractivity contribution in [2.45, 2.75) is 6.61 Å². The number of hydrogen-bond acceptors (Lipinski definition) is 4. The Kier molecular flexibility index (Phi) is 4.15. The lowest BCUT2D eigenvalue weighted by atomic mass is 10.1. The zero-order valence-electron chi connectivity index (χ0n) is 14.0. The SMILES string of the molecule is C=Cc1ccc(COc2ccc3c(c2)OC(=Cc2ccco2)C3=O)cc1. The van der Waals surface area contributed by atoms with Crippen LogP contribution in [-0.4, -0.2) is 5.78 Å². The second kappa shape index (κ2) is 6.76. The standard InChI is InChI=1S/C22H16O4/c1-2-15-5-7-16(8-6-15)14-25-18-9-10-19-20(12-18)26-21(22(19)23)13-17-4-3-11-24-17/h2-13H,1,14H2. The van der Waals surface area contributed by atoms with E-state index in [1.165, 1.54) is 0 Å². The first-order valence-corrected chi connectivity index (χ1v) is 8.19. The van der Waals surface area contributed by atoms with E-state index in [1.807, 2.05) is 24.3 Å². The Morgan fingerprint density at radius 1 is 1.08 bits per heavy atom. The molecule has 0 aliphatic carbocycles. The highest BCUT2D eigenvalue weighted by Crippen LogP contribution is 2.35. The molecule has 0 atom stereocenters. The van der Waals surface area contributed by atoms with E-state index in [0.717, 1.165) is 11.1 Å². The zero-order valence-corrected chi connectivity index (χ0v) is 14.0. The van der Waals surface area contributed by atoms with Gasteiger partial charge in [0, 0.05) is 12.1 Å². The second-order valence-corrected chi connectivity index (χ2v) is 5.85. The van der Waals surface area contributed by atoms with E-state index in [9.17, 15) is 4.79 Å². The van der Waals surface area contributed by atoms with Crippen molar-refractivity contribution in [3.8, 4) is 11.5 Å². The number of Topliss-reactive ketones (excluding diaryl/α,β-unsaturated/α-hetero) is 1. The predicted molar refractivity (Wildman–Crippen MR) is 99.0 cm³/mol. The summed E-state index contributed by atoms with van der Waals surface area (Å²) in [7, 11) is 0. The lowest BCUT2D eigenvalue weighted by Gasteiger charge is -2.07. The van der Waals surface area contributed by atoms with Gasteiger partial charge < -0.3 is 13.9 Å². The van der Waals surface area contributed by atoms with E-state index in [2.05, 4.69) is 6.58 Å². The van der Waals surface area contributed by atoms with E-state index in [-0.39, 0.29) is 11.5 Å². The highest BCUT2D eigenvalue weighted by atomic mass is 16.5. The number of carbonyl (C=O) groups excluding carboxylic acids is 1. The Labute approximate surface area is 151 Å². The molecule has 4 heteroatoms. The Bertz CT molecular complexity index is 979. The Morgan fingerprint density at radius 2 is 1.92 bits per heavy atom. The van der Waals surface area contributed by atoms with Crippen LogP contribution in [0.15, 0.2) is 77.6 Å². The van der Waals surface area contributed by atoms with Gasteiger partial charge in [-0.15, -0.1) is 0 Å². The summed E-state index contributed by atoms with van der Waals surface area (Å²) in [5.74, 6) is 1.78.